The molecule has 2 rings (SSSR count). The third-order valence-electron chi connectivity index (χ3n) is 2.97. The van der Waals surface area contributed by atoms with Crippen LogP contribution < -0.4 is 5.32 Å². The van der Waals surface area contributed by atoms with E-state index in [9.17, 15) is 15.0 Å². The van der Waals surface area contributed by atoms with Crippen LogP contribution in [0.15, 0.2) is 18.5 Å². The third kappa shape index (κ3) is 3.17. The summed E-state index contributed by atoms with van der Waals surface area (Å²) in [6, 6.07) is 1.38. The van der Waals surface area contributed by atoms with Gasteiger partial charge >= 0.3 is 0 Å². The first-order valence-electron chi connectivity index (χ1n) is 5.78. The van der Waals surface area contributed by atoms with Gasteiger partial charge in [0.15, 0.2) is 0 Å². The average molecular weight is 236 g/mol. The lowest BCUT2D eigenvalue weighted by Gasteiger charge is -2.26. The van der Waals surface area contributed by atoms with Crippen molar-refractivity contribution in [2.24, 2.45) is 0 Å². The molecule has 5 nitrogen and oxygen atoms in total. The van der Waals surface area contributed by atoms with Crippen LogP contribution in [0, 0.1) is 0 Å². The number of nitrogens with zero attached hydrogens (tertiary/aromatic N) is 1. The normalized spacial score (nSPS) is 24.3. The highest BCUT2D eigenvalue weighted by atomic mass is 16.3. The second-order valence-corrected chi connectivity index (χ2v) is 4.42. The molecule has 1 aliphatic rings. The van der Waals surface area contributed by atoms with Crippen molar-refractivity contribution >= 4 is 5.91 Å². The molecule has 1 amide bonds. The number of hydrogen-bond acceptors (Lipinski definition) is 4. The maximum atomic E-state index is 11.8. The van der Waals surface area contributed by atoms with Gasteiger partial charge in [0.05, 0.1) is 17.9 Å². The van der Waals surface area contributed by atoms with Crippen molar-refractivity contribution in [2.45, 2.75) is 37.8 Å². The quantitative estimate of drug-likeness (QED) is 0.710. The zero-order valence-electron chi connectivity index (χ0n) is 9.47. The smallest absolute Gasteiger partial charge is 0.253 e. The van der Waals surface area contributed by atoms with Crippen molar-refractivity contribution in [3.05, 3.63) is 24.0 Å². The van der Waals surface area contributed by atoms with E-state index in [1.165, 1.54) is 18.5 Å². The lowest BCUT2D eigenvalue weighted by atomic mass is 9.93. The Bertz CT molecular complexity index is 408. The Balaban J connectivity index is 1.97. The molecule has 17 heavy (non-hydrogen) atoms. The van der Waals surface area contributed by atoms with E-state index < -0.39 is 0 Å². The first kappa shape index (κ1) is 11.9. The molecule has 0 bridgehead atoms. The molecule has 0 radical (unpaired) electrons. The zero-order valence-corrected chi connectivity index (χ0v) is 9.47. The summed E-state index contributed by atoms with van der Waals surface area (Å²) in [6.45, 7) is 0. The molecule has 0 spiro atoms. The fourth-order valence-corrected chi connectivity index (χ4v) is 2.12. The number of nitrogens with one attached hydrogen (secondary N) is 1. The first-order valence-corrected chi connectivity index (χ1v) is 5.78. The number of aromatic nitrogens is 1. The van der Waals surface area contributed by atoms with E-state index >= 15 is 0 Å². The molecular formula is C12H16N2O3. The molecule has 0 aromatic carbocycles. The van der Waals surface area contributed by atoms with Crippen molar-refractivity contribution in [2.75, 3.05) is 0 Å². The monoisotopic (exact) mass is 236 g/mol. The van der Waals surface area contributed by atoms with Crippen molar-refractivity contribution in [3.8, 4) is 5.75 Å². The van der Waals surface area contributed by atoms with Gasteiger partial charge in [-0.3, -0.25) is 9.78 Å². The minimum absolute atomic E-state index is 0.00796. The first-order chi connectivity index (χ1) is 8.15. The van der Waals surface area contributed by atoms with E-state index in [1.807, 2.05) is 0 Å². The lowest BCUT2D eigenvalue weighted by Crippen LogP contribution is -2.39. The molecule has 1 heterocycles. The number of amides is 1. The molecule has 1 aliphatic carbocycles. The van der Waals surface area contributed by atoms with Crippen LogP contribution in [0.1, 0.15) is 36.0 Å². The number of aliphatic hydroxyl groups excluding tert-OH is 1. The highest BCUT2D eigenvalue weighted by Gasteiger charge is 2.22. The Labute approximate surface area is 99.5 Å². The van der Waals surface area contributed by atoms with E-state index in [1.54, 1.807) is 0 Å². The molecule has 0 saturated heterocycles. The van der Waals surface area contributed by atoms with Crippen molar-refractivity contribution in [1.82, 2.24) is 10.3 Å². The van der Waals surface area contributed by atoms with Crippen molar-refractivity contribution in [3.63, 3.8) is 0 Å². The second kappa shape index (κ2) is 5.14. The molecule has 2 unspecified atom stereocenters. The largest absolute Gasteiger partial charge is 0.506 e. The van der Waals surface area contributed by atoms with Gasteiger partial charge in [-0.25, -0.2) is 0 Å². The fraction of sp³-hybridized carbons (Fsp3) is 0.500. The highest BCUT2D eigenvalue weighted by Crippen LogP contribution is 2.19. The van der Waals surface area contributed by atoms with Crippen molar-refractivity contribution in [1.29, 1.82) is 0 Å². The Kier molecular flexibility index (Phi) is 3.58. The summed E-state index contributed by atoms with van der Waals surface area (Å²) in [6.07, 6.45) is 5.57. The average Bonchev–Trinajstić information content (AvgIpc) is 2.29. The molecular weight excluding hydrogens is 220 g/mol. The van der Waals surface area contributed by atoms with Gasteiger partial charge < -0.3 is 15.5 Å². The number of hydrogen-bond donors (Lipinski definition) is 3. The molecule has 1 fully saturated rings. The fourth-order valence-electron chi connectivity index (χ4n) is 2.12. The van der Waals surface area contributed by atoms with Gasteiger partial charge in [0.25, 0.3) is 5.91 Å². The van der Waals surface area contributed by atoms with E-state index in [0.717, 1.165) is 19.3 Å². The summed E-state index contributed by atoms with van der Waals surface area (Å²) in [4.78, 5) is 15.6. The standard InChI is InChI=1S/C12H16N2O3/c15-10-3-1-2-9(5-10)14-12(17)8-4-11(16)7-13-6-8/h4,6-7,9-10,15-16H,1-3,5H2,(H,14,17). The topological polar surface area (TPSA) is 82.5 Å². The summed E-state index contributed by atoms with van der Waals surface area (Å²) >= 11 is 0. The van der Waals surface area contributed by atoms with Gasteiger partial charge in [-0.15, -0.1) is 0 Å². The minimum atomic E-state index is -0.323. The minimum Gasteiger partial charge on any atom is -0.506 e. The number of aliphatic hydroxyl groups is 1. The van der Waals surface area contributed by atoms with E-state index in [4.69, 9.17) is 0 Å². The number of aromatic hydroxyl groups is 1. The summed E-state index contributed by atoms with van der Waals surface area (Å²) in [5, 5.41) is 21.6. The number of rotatable bonds is 2. The van der Waals surface area contributed by atoms with Crippen LogP contribution in [0.25, 0.3) is 0 Å². The van der Waals surface area contributed by atoms with Crippen LogP contribution in [0.2, 0.25) is 0 Å². The van der Waals surface area contributed by atoms with Gasteiger partial charge in [0.2, 0.25) is 0 Å². The van der Waals surface area contributed by atoms with E-state index in [-0.39, 0.29) is 23.8 Å². The second-order valence-electron chi connectivity index (χ2n) is 4.42. The summed E-state index contributed by atoms with van der Waals surface area (Å²) in [5.74, 6) is -0.283. The predicted molar refractivity (Wildman–Crippen MR) is 61.6 cm³/mol. The molecule has 0 aliphatic heterocycles. The molecule has 1 saturated carbocycles. The van der Waals surface area contributed by atoms with Gasteiger partial charge in [0.1, 0.15) is 5.75 Å². The Morgan fingerprint density at radius 1 is 1.41 bits per heavy atom. The van der Waals surface area contributed by atoms with Gasteiger partial charge in [0, 0.05) is 12.2 Å². The SMILES string of the molecule is O=C(NC1CCCC(O)C1)c1cncc(O)c1. The van der Waals surface area contributed by atoms with Crippen LogP contribution in [0.4, 0.5) is 0 Å². The third-order valence-corrected chi connectivity index (χ3v) is 2.97. The maximum absolute atomic E-state index is 11.8. The van der Waals surface area contributed by atoms with E-state index in [2.05, 4.69) is 10.3 Å². The van der Waals surface area contributed by atoms with Crippen LogP contribution in [0.5, 0.6) is 5.75 Å². The Hall–Kier alpha value is -1.62. The maximum Gasteiger partial charge on any atom is 0.253 e. The molecule has 1 aromatic heterocycles. The van der Waals surface area contributed by atoms with Crippen LogP contribution in [0.3, 0.4) is 0 Å². The predicted octanol–water partition coefficient (Wildman–Crippen LogP) is 0.821. The van der Waals surface area contributed by atoms with Gasteiger partial charge in [-0.05, 0) is 31.7 Å². The molecule has 3 N–H and O–H groups in total. The zero-order chi connectivity index (χ0) is 12.3. The number of carbonyl (C=O) groups excluding carboxylic acids is 1. The van der Waals surface area contributed by atoms with Crippen LogP contribution >= 0.6 is 0 Å². The number of carbonyl (C=O) groups is 1. The molecule has 2 atom stereocenters. The molecule has 5 heteroatoms. The van der Waals surface area contributed by atoms with Gasteiger partial charge in [-0.2, -0.15) is 0 Å². The van der Waals surface area contributed by atoms with Crippen LogP contribution in [-0.4, -0.2) is 33.3 Å². The van der Waals surface area contributed by atoms with Crippen molar-refractivity contribution < 1.29 is 15.0 Å². The Morgan fingerprint density at radius 3 is 2.94 bits per heavy atom. The molecule has 92 valence electrons. The highest BCUT2D eigenvalue weighted by molar-refractivity contribution is 5.94. The number of pyridine rings is 1. The molecule has 1 aromatic rings. The van der Waals surface area contributed by atoms with Gasteiger partial charge in [-0.1, -0.05) is 0 Å². The summed E-state index contributed by atoms with van der Waals surface area (Å²) in [7, 11) is 0. The lowest BCUT2D eigenvalue weighted by molar-refractivity contribution is 0.0849. The van der Waals surface area contributed by atoms with Crippen LogP contribution in [-0.2, 0) is 0 Å². The summed E-state index contributed by atoms with van der Waals surface area (Å²) < 4.78 is 0. The summed E-state index contributed by atoms with van der Waals surface area (Å²) in [5.41, 5.74) is 0.338. The Morgan fingerprint density at radius 2 is 2.24 bits per heavy atom. The van der Waals surface area contributed by atoms with E-state index in [0.29, 0.717) is 12.0 Å².